The number of nitrogens with zero attached hydrogens (tertiary/aromatic N) is 3. The van der Waals surface area contributed by atoms with Crippen LogP contribution in [0.25, 0.3) is 0 Å². The molecule has 3 rings (SSSR count). The molecular formula is C13H21N3O4S. The average Bonchev–Trinajstić information content (AvgIpc) is 3.04. The number of aryl methyl sites for hydroxylation is 1. The van der Waals surface area contributed by atoms with Gasteiger partial charge in [0.05, 0.1) is 25.1 Å². The van der Waals surface area contributed by atoms with E-state index in [0.29, 0.717) is 25.7 Å². The van der Waals surface area contributed by atoms with Crippen molar-refractivity contribution in [2.45, 2.75) is 30.0 Å². The van der Waals surface area contributed by atoms with E-state index in [4.69, 9.17) is 9.47 Å². The maximum absolute atomic E-state index is 12.8. The van der Waals surface area contributed by atoms with Gasteiger partial charge in [-0.3, -0.25) is 0 Å². The third-order valence-corrected chi connectivity index (χ3v) is 6.05. The Morgan fingerprint density at radius 3 is 2.95 bits per heavy atom. The van der Waals surface area contributed by atoms with Gasteiger partial charge in [-0.2, -0.15) is 4.31 Å². The predicted molar refractivity (Wildman–Crippen MR) is 75.2 cm³/mol. The average molecular weight is 315 g/mol. The smallest absolute Gasteiger partial charge is 0.262 e. The molecule has 7 nitrogen and oxygen atoms in total. The van der Waals surface area contributed by atoms with Crippen molar-refractivity contribution in [2.75, 3.05) is 26.9 Å². The lowest BCUT2D eigenvalue weighted by molar-refractivity contribution is -0.0251. The molecule has 1 aromatic rings. The van der Waals surface area contributed by atoms with Gasteiger partial charge in [0.2, 0.25) is 0 Å². The number of sulfonamides is 1. The lowest BCUT2D eigenvalue weighted by atomic mass is 10.1. The van der Waals surface area contributed by atoms with Gasteiger partial charge < -0.3 is 14.0 Å². The van der Waals surface area contributed by atoms with E-state index in [9.17, 15) is 8.42 Å². The molecule has 21 heavy (non-hydrogen) atoms. The minimum absolute atomic E-state index is 0.0302. The van der Waals surface area contributed by atoms with E-state index < -0.39 is 10.0 Å². The van der Waals surface area contributed by atoms with Crippen LogP contribution in [-0.4, -0.2) is 61.3 Å². The Kier molecular flexibility index (Phi) is 4.04. The zero-order valence-electron chi connectivity index (χ0n) is 12.3. The molecule has 3 atom stereocenters. The summed E-state index contributed by atoms with van der Waals surface area (Å²) in [6.07, 6.45) is 4.66. The molecular weight excluding hydrogens is 294 g/mol. The Morgan fingerprint density at radius 2 is 2.29 bits per heavy atom. The monoisotopic (exact) mass is 315 g/mol. The second kappa shape index (κ2) is 5.68. The highest BCUT2D eigenvalue weighted by molar-refractivity contribution is 7.89. The first-order valence-corrected chi connectivity index (χ1v) is 8.56. The summed E-state index contributed by atoms with van der Waals surface area (Å²) >= 11 is 0. The number of hydrogen-bond acceptors (Lipinski definition) is 5. The summed E-state index contributed by atoms with van der Waals surface area (Å²) in [5.41, 5.74) is 0. The zero-order valence-corrected chi connectivity index (χ0v) is 13.1. The molecule has 0 bridgehead atoms. The molecule has 1 saturated heterocycles. The van der Waals surface area contributed by atoms with Crippen molar-refractivity contribution in [3.8, 4) is 0 Å². The molecule has 1 unspecified atom stereocenters. The normalized spacial score (nSPS) is 30.5. The van der Waals surface area contributed by atoms with Crippen LogP contribution in [0, 0.1) is 5.92 Å². The summed E-state index contributed by atoms with van der Waals surface area (Å²) in [6, 6.07) is -0.106. The molecule has 8 heteroatoms. The Hall–Kier alpha value is -0.960. The van der Waals surface area contributed by atoms with Gasteiger partial charge in [0, 0.05) is 33.5 Å². The summed E-state index contributed by atoms with van der Waals surface area (Å²) in [5, 5.41) is 0.112. The van der Waals surface area contributed by atoms with Gasteiger partial charge in [-0.1, -0.05) is 0 Å². The van der Waals surface area contributed by atoms with Crippen LogP contribution in [0.5, 0.6) is 0 Å². The number of methoxy groups -OCH3 is 1. The van der Waals surface area contributed by atoms with Gasteiger partial charge in [0.1, 0.15) is 0 Å². The van der Waals surface area contributed by atoms with Crippen LogP contribution in [-0.2, 0) is 26.5 Å². The van der Waals surface area contributed by atoms with Crippen molar-refractivity contribution in [3.05, 3.63) is 12.5 Å². The van der Waals surface area contributed by atoms with E-state index in [-0.39, 0.29) is 17.2 Å². The molecule has 1 saturated carbocycles. The van der Waals surface area contributed by atoms with Crippen molar-refractivity contribution in [1.29, 1.82) is 0 Å². The molecule has 1 aromatic heterocycles. The summed E-state index contributed by atoms with van der Waals surface area (Å²) < 4.78 is 39.7. The van der Waals surface area contributed by atoms with E-state index in [1.165, 1.54) is 6.33 Å². The number of ether oxygens (including phenoxy) is 2. The van der Waals surface area contributed by atoms with Gasteiger partial charge in [-0.15, -0.1) is 0 Å². The second-order valence-electron chi connectivity index (χ2n) is 5.76. The van der Waals surface area contributed by atoms with Crippen LogP contribution < -0.4 is 0 Å². The fourth-order valence-corrected chi connectivity index (χ4v) is 4.94. The van der Waals surface area contributed by atoms with E-state index >= 15 is 0 Å². The molecule has 0 radical (unpaired) electrons. The van der Waals surface area contributed by atoms with Crippen molar-refractivity contribution in [1.82, 2.24) is 13.9 Å². The summed E-state index contributed by atoms with van der Waals surface area (Å²) in [4.78, 5) is 4.00. The van der Waals surface area contributed by atoms with Gasteiger partial charge in [-0.05, 0) is 18.8 Å². The fourth-order valence-electron chi connectivity index (χ4n) is 3.33. The molecule has 2 aliphatic rings. The Labute approximate surface area is 124 Å². The highest BCUT2D eigenvalue weighted by Gasteiger charge is 2.46. The molecule has 0 amide bonds. The zero-order chi connectivity index (χ0) is 15.0. The lowest BCUT2D eigenvalue weighted by Crippen LogP contribution is -2.51. The van der Waals surface area contributed by atoms with E-state index in [0.717, 1.165) is 12.8 Å². The molecule has 118 valence electrons. The number of rotatable bonds is 4. The molecule has 0 N–H and O–H groups in total. The van der Waals surface area contributed by atoms with Crippen molar-refractivity contribution < 1.29 is 17.9 Å². The molecule has 2 heterocycles. The van der Waals surface area contributed by atoms with Gasteiger partial charge in [-0.25, -0.2) is 13.4 Å². The van der Waals surface area contributed by atoms with Crippen molar-refractivity contribution in [3.63, 3.8) is 0 Å². The first-order valence-electron chi connectivity index (χ1n) is 7.12. The topological polar surface area (TPSA) is 73.7 Å². The molecule has 1 aliphatic carbocycles. The Morgan fingerprint density at radius 1 is 1.48 bits per heavy atom. The van der Waals surface area contributed by atoms with Gasteiger partial charge in [0.15, 0.2) is 5.03 Å². The number of fused-ring (bicyclic) bond motifs is 1. The number of morpholine rings is 1. The fraction of sp³-hybridized carbons (Fsp3) is 0.769. The second-order valence-corrected chi connectivity index (χ2v) is 7.60. The number of hydrogen-bond donors (Lipinski definition) is 0. The Balaban J connectivity index is 1.84. The summed E-state index contributed by atoms with van der Waals surface area (Å²) in [6.45, 7) is 1.47. The van der Waals surface area contributed by atoms with Crippen molar-refractivity contribution >= 4 is 10.0 Å². The SMILES string of the molecule is COCC1C[C@@H]2[C@@H](C1)OCCN2S(=O)(=O)c1cn(C)cn1. The third kappa shape index (κ3) is 2.73. The third-order valence-electron chi connectivity index (χ3n) is 4.24. The molecule has 0 spiro atoms. The molecule has 2 fully saturated rings. The van der Waals surface area contributed by atoms with Crippen LogP contribution in [0.1, 0.15) is 12.8 Å². The molecule has 0 aromatic carbocycles. The standard InChI is InChI=1S/C13H21N3O4S/c1-15-7-13(14-9-15)21(17,18)16-3-4-20-12-6-10(8-19-2)5-11(12)16/h7,9-12H,3-6,8H2,1-2H3/t10?,11-,12-/m1/s1. The minimum Gasteiger partial charge on any atom is -0.384 e. The Bertz CT molecular complexity index is 600. The first kappa shape index (κ1) is 15.0. The van der Waals surface area contributed by atoms with Crippen LogP contribution in [0.4, 0.5) is 0 Å². The maximum atomic E-state index is 12.8. The first-order chi connectivity index (χ1) is 10.0. The number of aromatic nitrogens is 2. The molecule has 1 aliphatic heterocycles. The summed E-state index contributed by atoms with van der Waals surface area (Å²) in [7, 11) is -0.119. The van der Waals surface area contributed by atoms with Crippen molar-refractivity contribution in [2.24, 2.45) is 13.0 Å². The van der Waals surface area contributed by atoms with Crippen LogP contribution in [0.3, 0.4) is 0 Å². The van der Waals surface area contributed by atoms with Gasteiger partial charge in [0.25, 0.3) is 10.0 Å². The highest BCUT2D eigenvalue weighted by atomic mass is 32.2. The quantitative estimate of drug-likeness (QED) is 0.795. The van der Waals surface area contributed by atoms with Crippen LogP contribution in [0.2, 0.25) is 0 Å². The predicted octanol–water partition coefficient (Wildman–Crippen LogP) is 0.235. The number of imidazole rings is 1. The minimum atomic E-state index is -3.55. The van der Waals surface area contributed by atoms with Gasteiger partial charge >= 0.3 is 0 Å². The van der Waals surface area contributed by atoms with Crippen LogP contribution in [0.15, 0.2) is 17.6 Å². The van der Waals surface area contributed by atoms with Crippen LogP contribution >= 0.6 is 0 Å². The van der Waals surface area contributed by atoms with E-state index in [2.05, 4.69) is 4.98 Å². The highest BCUT2D eigenvalue weighted by Crippen LogP contribution is 2.36. The van der Waals surface area contributed by atoms with E-state index in [1.807, 2.05) is 0 Å². The largest absolute Gasteiger partial charge is 0.384 e. The maximum Gasteiger partial charge on any atom is 0.262 e. The lowest BCUT2D eigenvalue weighted by Gasteiger charge is -2.35. The summed E-state index contributed by atoms with van der Waals surface area (Å²) in [5.74, 6) is 0.351. The van der Waals surface area contributed by atoms with E-state index in [1.54, 1.807) is 29.2 Å².